The fourth-order valence-electron chi connectivity index (χ4n) is 5.22. The van der Waals surface area contributed by atoms with E-state index in [0.717, 1.165) is 29.0 Å². The highest BCUT2D eigenvalue weighted by molar-refractivity contribution is 6.14. The van der Waals surface area contributed by atoms with Crippen LogP contribution >= 0.6 is 0 Å². The zero-order valence-electron chi connectivity index (χ0n) is 17.2. The van der Waals surface area contributed by atoms with Gasteiger partial charge in [0.05, 0.1) is 18.9 Å². The Hall–Kier alpha value is -2.86. The standard InChI is InChI=1S/C24H26N2O4/c1-2-29-23(28)24-16-25(14-17-8-4-3-5-9-17)15-19(24)18-10-6-11-20-21(18)26(22(24)27)12-7-13-30-20/h3-6,8-11,19H,2,7,12-16H2,1H3. The number of likely N-dealkylation sites (tertiary alicyclic amines) is 1. The molecule has 2 aromatic carbocycles. The molecule has 0 radical (unpaired) electrons. The number of esters is 1. The largest absolute Gasteiger partial charge is 0.491 e. The molecule has 3 heterocycles. The van der Waals surface area contributed by atoms with Crippen molar-refractivity contribution in [2.45, 2.75) is 25.8 Å². The quantitative estimate of drug-likeness (QED) is 0.577. The van der Waals surface area contributed by atoms with Gasteiger partial charge in [-0.15, -0.1) is 0 Å². The number of carbonyl (C=O) groups is 2. The molecule has 1 saturated heterocycles. The molecule has 3 aliphatic heterocycles. The lowest BCUT2D eigenvalue weighted by Gasteiger charge is -2.42. The van der Waals surface area contributed by atoms with Crippen LogP contribution in [0.25, 0.3) is 0 Å². The summed E-state index contributed by atoms with van der Waals surface area (Å²) in [6, 6.07) is 16.1. The first-order chi connectivity index (χ1) is 14.6. The number of rotatable bonds is 4. The van der Waals surface area contributed by atoms with Crippen LogP contribution in [0.1, 0.15) is 30.4 Å². The fraction of sp³-hybridized carbons (Fsp3) is 0.417. The van der Waals surface area contributed by atoms with Crippen molar-refractivity contribution in [1.29, 1.82) is 0 Å². The van der Waals surface area contributed by atoms with Crippen LogP contribution in [0.3, 0.4) is 0 Å². The van der Waals surface area contributed by atoms with Gasteiger partial charge in [0.1, 0.15) is 5.75 Å². The number of fused-ring (bicyclic) bond motifs is 2. The van der Waals surface area contributed by atoms with E-state index in [0.29, 0.717) is 32.8 Å². The molecule has 0 spiro atoms. The third-order valence-corrected chi connectivity index (χ3v) is 6.48. The average molecular weight is 406 g/mol. The molecule has 0 bridgehead atoms. The van der Waals surface area contributed by atoms with Crippen molar-refractivity contribution in [1.82, 2.24) is 4.90 Å². The first-order valence-electron chi connectivity index (χ1n) is 10.7. The van der Waals surface area contributed by atoms with Gasteiger partial charge in [-0.1, -0.05) is 42.5 Å². The Morgan fingerprint density at radius 3 is 2.83 bits per heavy atom. The molecule has 6 nitrogen and oxygen atoms in total. The number of benzene rings is 2. The van der Waals surface area contributed by atoms with E-state index >= 15 is 0 Å². The van der Waals surface area contributed by atoms with Crippen LogP contribution in [0.4, 0.5) is 5.69 Å². The minimum Gasteiger partial charge on any atom is -0.491 e. The lowest BCUT2D eigenvalue weighted by molar-refractivity contribution is -0.160. The SMILES string of the molecule is CCOC(=O)C12CN(Cc3ccccc3)CC1c1cccc3c1N(CCCO3)C2=O. The lowest BCUT2D eigenvalue weighted by Crippen LogP contribution is -2.56. The first kappa shape index (κ1) is 19.1. The highest BCUT2D eigenvalue weighted by atomic mass is 16.5. The Bertz CT molecular complexity index is 976. The minimum absolute atomic E-state index is 0.146. The summed E-state index contributed by atoms with van der Waals surface area (Å²) < 4.78 is 11.4. The molecule has 1 amide bonds. The number of hydrogen-bond acceptors (Lipinski definition) is 5. The van der Waals surface area contributed by atoms with Gasteiger partial charge < -0.3 is 14.4 Å². The van der Waals surface area contributed by atoms with Crippen LogP contribution in [0, 0.1) is 5.41 Å². The van der Waals surface area contributed by atoms with Gasteiger partial charge in [0.15, 0.2) is 5.41 Å². The molecule has 3 aliphatic rings. The summed E-state index contributed by atoms with van der Waals surface area (Å²) in [5, 5.41) is 0. The van der Waals surface area contributed by atoms with Crippen LogP contribution < -0.4 is 9.64 Å². The Morgan fingerprint density at radius 1 is 1.20 bits per heavy atom. The summed E-state index contributed by atoms with van der Waals surface area (Å²) >= 11 is 0. The monoisotopic (exact) mass is 406 g/mol. The maximum absolute atomic E-state index is 13.9. The predicted octanol–water partition coefficient (Wildman–Crippen LogP) is 2.96. The van der Waals surface area contributed by atoms with E-state index in [-0.39, 0.29) is 18.4 Å². The van der Waals surface area contributed by atoms with Gasteiger partial charge in [-0.25, -0.2) is 0 Å². The van der Waals surface area contributed by atoms with Crippen molar-refractivity contribution < 1.29 is 19.1 Å². The Labute approximate surface area is 176 Å². The van der Waals surface area contributed by atoms with Gasteiger partial charge in [-0.3, -0.25) is 14.5 Å². The van der Waals surface area contributed by atoms with Crippen LogP contribution in [0.2, 0.25) is 0 Å². The van der Waals surface area contributed by atoms with E-state index in [9.17, 15) is 9.59 Å². The molecule has 1 fully saturated rings. The summed E-state index contributed by atoms with van der Waals surface area (Å²) in [7, 11) is 0. The van der Waals surface area contributed by atoms with E-state index < -0.39 is 11.4 Å². The van der Waals surface area contributed by atoms with Crippen molar-refractivity contribution in [2.75, 3.05) is 37.7 Å². The Kier molecular flexibility index (Phi) is 4.74. The van der Waals surface area contributed by atoms with Gasteiger partial charge >= 0.3 is 5.97 Å². The fourth-order valence-corrected chi connectivity index (χ4v) is 5.22. The second kappa shape index (κ2) is 7.43. The van der Waals surface area contributed by atoms with Crippen molar-refractivity contribution in [2.24, 2.45) is 5.41 Å². The van der Waals surface area contributed by atoms with E-state index in [1.54, 1.807) is 11.8 Å². The van der Waals surface area contributed by atoms with E-state index in [4.69, 9.17) is 9.47 Å². The minimum atomic E-state index is -1.21. The third kappa shape index (κ3) is 2.82. The number of carbonyl (C=O) groups excluding carboxylic acids is 2. The molecule has 6 heteroatoms. The molecule has 0 aromatic heterocycles. The maximum atomic E-state index is 13.9. The molecule has 156 valence electrons. The van der Waals surface area contributed by atoms with E-state index in [2.05, 4.69) is 17.0 Å². The summed E-state index contributed by atoms with van der Waals surface area (Å²) in [6.45, 7) is 4.85. The van der Waals surface area contributed by atoms with Gasteiger partial charge in [0.25, 0.3) is 0 Å². The van der Waals surface area contributed by atoms with Gasteiger partial charge in [-0.05, 0) is 30.5 Å². The molecular formula is C24H26N2O4. The second-order valence-corrected chi connectivity index (χ2v) is 8.25. The van der Waals surface area contributed by atoms with Gasteiger partial charge in [0, 0.05) is 32.1 Å². The molecule has 0 saturated carbocycles. The average Bonchev–Trinajstić information content (AvgIpc) is 3.01. The summed E-state index contributed by atoms with van der Waals surface area (Å²) in [5.74, 6) is -0.0678. The third-order valence-electron chi connectivity index (χ3n) is 6.48. The zero-order valence-corrected chi connectivity index (χ0v) is 17.2. The van der Waals surface area contributed by atoms with E-state index in [1.165, 1.54) is 0 Å². The molecular weight excluding hydrogens is 380 g/mol. The smallest absolute Gasteiger partial charge is 0.323 e. The molecule has 0 aliphatic carbocycles. The summed E-state index contributed by atoms with van der Waals surface area (Å²) in [4.78, 5) is 31.2. The normalized spacial score (nSPS) is 25.2. The van der Waals surface area contributed by atoms with Crippen molar-refractivity contribution in [3.63, 3.8) is 0 Å². The number of hydrogen-bond donors (Lipinski definition) is 0. The number of ether oxygens (including phenoxy) is 2. The lowest BCUT2D eigenvalue weighted by atomic mass is 9.70. The Morgan fingerprint density at radius 2 is 2.03 bits per heavy atom. The number of anilines is 1. The maximum Gasteiger partial charge on any atom is 0.323 e. The van der Waals surface area contributed by atoms with Crippen molar-refractivity contribution >= 4 is 17.6 Å². The van der Waals surface area contributed by atoms with Gasteiger partial charge in [0.2, 0.25) is 5.91 Å². The summed E-state index contributed by atoms with van der Waals surface area (Å²) in [6.07, 6.45) is 0.733. The van der Waals surface area contributed by atoms with Crippen LogP contribution in [-0.2, 0) is 20.9 Å². The van der Waals surface area contributed by atoms with Gasteiger partial charge in [-0.2, -0.15) is 0 Å². The molecule has 0 N–H and O–H groups in total. The zero-order chi connectivity index (χ0) is 20.7. The molecule has 30 heavy (non-hydrogen) atoms. The van der Waals surface area contributed by atoms with Crippen LogP contribution in [0.5, 0.6) is 5.75 Å². The van der Waals surface area contributed by atoms with Crippen LogP contribution in [-0.4, -0.2) is 49.6 Å². The molecule has 2 unspecified atom stereocenters. The van der Waals surface area contributed by atoms with Crippen LogP contribution in [0.15, 0.2) is 48.5 Å². The van der Waals surface area contributed by atoms with Crippen molar-refractivity contribution in [3.8, 4) is 5.75 Å². The second-order valence-electron chi connectivity index (χ2n) is 8.25. The predicted molar refractivity (Wildman–Crippen MR) is 112 cm³/mol. The number of para-hydroxylation sites is 1. The molecule has 2 aromatic rings. The highest BCUT2D eigenvalue weighted by Crippen LogP contribution is 2.55. The van der Waals surface area contributed by atoms with Crippen molar-refractivity contribution in [3.05, 3.63) is 59.7 Å². The summed E-state index contributed by atoms with van der Waals surface area (Å²) in [5.41, 5.74) is 1.81. The topological polar surface area (TPSA) is 59.1 Å². The van der Waals surface area contributed by atoms with E-state index in [1.807, 2.05) is 36.4 Å². The first-order valence-corrected chi connectivity index (χ1v) is 10.7. The Balaban J connectivity index is 1.61. The highest BCUT2D eigenvalue weighted by Gasteiger charge is 2.63. The number of nitrogens with zero attached hydrogens (tertiary/aromatic N) is 2. The number of amides is 1. The molecule has 2 atom stereocenters. The molecule has 5 rings (SSSR count).